The van der Waals surface area contributed by atoms with Crippen molar-refractivity contribution in [3.63, 3.8) is 0 Å². The van der Waals surface area contributed by atoms with E-state index >= 15 is 0 Å². The van der Waals surface area contributed by atoms with Gasteiger partial charge in [-0.1, -0.05) is 39.7 Å². The predicted octanol–water partition coefficient (Wildman–Crippen LogP) is 4.62. The van der Waals surface area contributed by atoms with E-state index in [1.54, 1.807) is 36.4 Å². The second-order valence-electron chi connectivity index (χ2n) is 7.12. The van der Waals surface area contributed by atoms with Crippen molar-refractivity contribution in [1.82, 2.24) is 0 Å². The first-order valence-corrected chi connectivity index (χ1v) is 12.1. The van der Waals surface area contributed by atoms with Crippen molar-refractivity contribution in [3.05, 3.63) is 93.4 Å². The summed E-state index contributed by atoms with van der Waals surface area (Å²) < 4.78 is 24.5. The fourth-order valence-corrected chi connectivity index (χ4v) is 4.37. The van der Waals surface area contributed by atoms with Gasteiger partial charge in [0.15, 0.2) is 9.84 Å². The maximum Gasteiger partial charge on any atom is 0.202 e. The molecule has 0 radical (unpaired) electrons. The molecule has 0 saturated heterocycles. The van der Waals surface area contributed by atoms with Gasteiger partial charge in [-0.25, -0.2) is 13.4 Å². The van der Waals surface area contributed by atoms with Gasteiger partial charge in [0, 0.05) is 32.6 Å². The summed E-state index contributed by atoms with van der Waals surface area (Å²) in [5.41, 5.74) is 0.724. The van der Waals surface area contributed by atoms with Crippen molar-refractivity contribution in [2.45, 2.75) is 10.6 Å². The Balaban J connectivity index is 1.81. The second kappa shape index (κ2) is 7.81. The molecule has 30 heavy (non-hydrogen) atoms. The molecule has 8 heteroatoms. The van der Waals surface area contributed by atoms with Crippen LogP contribution < -0.4 is 4.90 Å². The van der Waals surface area contributed by atoms with Crippen LogP contribution in [0.3, 0.4) is 0 Å². The van der Waals surface area contributed by atoms with Gasteiger partial charge in [-0.2, -0.15) is 0 Å². The first-order chi connectivity index (χ1) is 14.2. The van der Waals surface area contributed by atoms with Gasteiger partial charge in [-0.3, -0.25) is 0 Å². The van der Waals surface area contributed by atoms with Crippen LogP contribution in [0.2, 0.25) is 5.02 Å². The molecule has 0 aliphatic carbocycles. The van der Waals surface area contributed by atoms with E-state index in [9.17, 15) is 13.5 Å². The molecule has 0 amide bonds. The van der Waals surface area contributed by atoms with E-state index in [-0.39, 0.29) is 11.4 Å². The summed E-state index contributed by atoms with van der Waals surface area (Å²) in [4.78, 5) is 6.79. The molecule has 1 N–H and O–H groups in total. The number of benzene rings is 3. The summed E-state index contributed by atoms with van der Waals surface area (Å²) in [6.45, 7) is 0.208. The fourth-order valence-electron chi connectivity index (χ4n) is 3.35. The minimum atomic E-state index is -3.31. The minimum absolute atomic E-state index is 0.208. The lowest BCUT2D eigenvalue weighted by Gasteiger charge is -2.24. The van der Waals surface area contributed by atoms with Crippen LogP contribution in [0.1, 0.15) is 11.1 Å². The highest BCUT2D eigenvalue weighted by atomic mass is 79.9. The molecule has 5 nitrogen and oxygen atoms in total. The number of hydrogen-bond acceptors (Lipinski definition) is 5. The molecule has 0 spiro atoms. The first-order valence-electron chi connectivity index (χ1n) is 9.08. The molecule has 0 bridgehead atoms. The molecular formula is C22H18BrClN2O3S. The standard InChI is InChI=1S/C22H18BrClN2O3S/c1-30(28,29)20-12-2-15(3-13-20)21-25-22(27,16-4-6-17(23)7-5-16)14-26(21)19-10-8-18(24)9-11-19/h2-13,27H,14H2,1H3. The molecule has 0 aromatic heterocycles. The number of nitrogens with zero attached hydrogens (tertiary/aromatic N) is 2. The zero-order chi connectivity index (χ0) is 21.5. The molecule has 0 saturated carbocycles. The Morgan fingerprint density at radius 1 is 1.00 bits per heavy atom. The maximum atomic E-state index is 11.8. The topological polar surface area (TPSA) is 70.0 Å². The summed E-state index contributed by atoms with van der Waals surface area (Å²) >= 11 is 9.45. The van der Waals surface area contributed by atoms with E-state index in [0.717, 1.165) is 10.2 Å². The average molecular weight is 506 g/mol. The number of β-amino-alcohol motifs (C(OH)–C–C–N with tert-alkyl or cyclic N) is 1. The zero-order valence-electron chi connectivity index (χ0n) is 16.0. The Morgan fingerprint density at radius 2 is 1.60 bits per heavy atom. The molecule has 1 heterocycles. The minimum Gasteiger partial charge on any atom is -0.364 e. The third-order valence-corrected chi connectivity index (χ3v) is 6.82. The van der Waals surface area contributed by atoms with Crippen LogP contribution in [-0.4, -0.2) is 32.2 Å². The van der Waals surface area contributed by atoms with Crippen LogP contribution in [0, 0.1) is 0 Å². The smallest absolute Gasteiger partial charge is 0.202 e. The van der Waals surface area contributed by atoms with Gasteiger partial charge < -0.3 is 10.0 Å². The number of anilines is 1. The van der Waals surface area contributed by atoms with Gasteiger partial charge in [-0.05, 0) is 60.7 Å². The maximum absolute atomic E-state index is 11.8. The van der Waals surface area contributed by atoms with Gasteiger partial charge in [0.05, 0.1) is 11.4 Å². The predicted molar refractivity (Wildman–Crippen MR) is 123 cm³/mol. The van der Waals surface area contributed by atoms with Crippen LogP contribution in [0.25, 0.3) is 0 Å². The molecule has 0 fully saturated rings. The van der Waals surface area contributed by atoms with E-state index in [4.69, 9.17) is 11.6 Å². The van der Waals surface area contributed by atoms with Gasteiger partial charge >= 0.3 is 0 Å². The lowest BCUT2D eigenvalue weighted by molar-refractivity contribution is 0.0648. The SMILES string of the molecule is CS(=O)(=O)c1ccc(C2=NC(O)(c3ccc(Br)cc3)CN2c2ccc(Cl)cc2)cc1. The van der Waals surface area contributed by atoms with Crippen LogP contribution in [0.15, 0.2) is 87.2 Å². The Kier molecular flexibility index (Phi) is 5.48. The van der Waals surface area contributed by atoms with Crippen molar-refractivity contribution >= 4 is 48.9 Å². The largest absolute Gasteiger partial charge is 0.364 e. The highest BCUT2D eigenvalue weighted by Crippen LogP contribution is 2.35. The van der Waals surface area contributed by atoms with E-state index in [2.05, 4.69) is 20.9 Å². The Bertz CT molecular complexity index is 1210. The highest BCUT2D eigenvalue weighted by molar-refractivity contribution is 9.10. The molecule has 1 atom stereocenters. The summed E-state index contributed by atoms with van der Waals surface area (Å²) in [7, 11) is -3.31. The summed E-state index contributed by atoms with van der Waals surface area (Å²) in [5.74, 6) is 0.544. The lowest BCUT2D eigenvalue weighted by atomic mass is 10.0. The number of hydrogen-bond donors (Lipinski definition) is 1. The summed E-state index contributed by atoms with van der Waals surface area (Å²) in [5, 5.41) is 12.0. The molecule has 1 unspecified atom stereocenters. The number of amidine groups is 1. The van der Waals surface area contributed by atoms with Crippen LogP contribution >= 0.6 is 27.5 Å². The van der Waals surface area contributed by atoms with Crippen molar-refractivity contribution in [2.24, 2.45) is 4.99 Å². The third kappa shape index (κ3) is 4.16. The normalized spacial score (nSPS) is 19.1. The first kappa shape index (κ1) is 21.1. The molecule has 3 aromatic rings. The van der Waals surface area contributed by atoms with Gasteiger partial charge in [0.25, 0.3) is 0 Å². The van der Waals surface area contributed by atoms with Gasteiger partial charge in [0.2, 0.25) is 5.72 Å². The number of aliphatic imine (C=N–C) groups is 1. The summed E-state index contributed by atoms with van der Waals surface area (Å²) in [6, 6.07) is 21.1. The molecule has 3 aromatic carbocycles. The highest BCUT2D eigenvalue weighted by Gasteiger charge is 2.40. The van der Waals surface area contributed by atoms with E-state index < -0.39 is 15.6 Å². The summed E-state index contributed by atoms with van der Waals surface area (Å²) in [6.07, 6.45) is 1.17. The van der Waals surface area contributed by atoms with Crippen molar-refractivity contribution in [1.29, 1.82) is 0 Å². The molecule has 1 aliphatic rings. The molecular weight excluding hydrogens is 488 g/mol. The zero-order valence-corrected chi connectivity index (χ0v) is 19.1. The number of aliphatic hydroxyl groups is 1. The lowest BCUT2D eigenvalue weighted by Crippen LogP contribution is -2.34. The van der Waals surface area contributed by atoms with E-state index in [1.165, 1.54) is 6.26 Å². The van der Waals surface area contributed by atoms with Gasteiger partial charge in [-0.15, -0.1) is 0 Å². The fraction of sp³-hybridized carbons (Fsp3) is 0.136. The molecule has 154 valence electrons. The van der Waals surface area contributed by atoms with Crippen LogP contribution in [0.5, 0.6) is 0 Å². The number of rotatable bonds is 4. The quantitative estimate of drug-likeness (QED) is 0.562. The van der Waals surface area contributed by atoms with Crippen LogP contribution in [-0.2, 0) is 15.6 Å². The van der Waals surface area contributed by atoms with E-state index in [0.29, 0.717) is 22.0 Å². The second-order valence-corrected chi connectivity index (χ2v) is 10.5. The van der Waals surface area contributed by atoms with E-state index in [1.807, 2.05) is 41.3 Å². The number of halogens is 2. The number of sulfone groups is 1. The Morgan fingerprint density at radius 3 is 2.17 bits per heavy atom. The Hall–Kier alpha value is -2.19. The Labute approximate surface area is 188 Å². The van der Waals surface area contributed by atoms with Crippen LogP contribution in [0.4, 0.5) is 5.69 Å². The molecule has 4 rings (SSSR count). The third-order valence-electron chi connectivity index (χ3n) is 4.91. The average Bonchev–Trinajstić information content (AvgIpc) is 3.07. The van der Waals surface area contributed by atoms with Crippen molar-refractivity contribution in [3.8, 4) is 0 Å². The molecule has 1 aliphatic heterocycles. The monoisotopic (exact) mass is 504 g/mol. The van der Waals surface area contributed by atoms with Crippen molar-refractivity contribution < 1.29 is 13.5 Å². The van der Waals surface area contributed by atoms with Crippen molar-refractivity contribution in [2.75, 3.05) is 17.7 Å². The van der Waals surface area contributed by atoms with Gasteiger partial charge in [0.1, 0.15) is 5.84 Å².